The highest BCUT2D eigenvalue weighted by molar-refractivity contribution is 9.10. The van der Waals surface area contributed by atoms with E-state index in [1.165, 1.54) is 6.42 Å². The first-order chi connectivity index (χ1) is 8.58. The van der Waals surface area contributed by atoms with Gasteiger partial charge < -0.3 is 4.74 Å². The Morgan fingerprint density at radius 3 is 2.83 bits per heavy atom. The third-order valence-corrected chi connectivity index (χ3v) is 4.43. The third-order valence-electron chi connectivity index (χ3n) is 3.46. The van der Waals surface area contributed by atoms with Gasteiger partial charge in [-0.2, -0.15) is 0 Å². The van der Waals surface area contributed by atoms with Gasteiger partial charge in [-0.15, -0.1) is 12.6 Å². The first-order valence-corrected chi connectivity index (χ1v) is 7.51. The Balaban J connectivity index is 2.09. The summed E-state index contributed by atoms with van der Waals surface area (Å²) in [6, 6.07) is 5.40. The highest BCUT2D eigenvalue weighted by Crippen LogP contribution is 2.28. The van der Waals surface area contributed by atoms with Crippen LogP contribution in [-0.2, 0) is 4.74 Å². The molecule has 0 amide bonds. The van der Waals surface area contributed by atoms with Gasteiger partial charge in [-0.25, -0.2) is 4.79 Å². The van der Waals surface area contributed by atoms with Gasteiger partial charge >= 0.3 is 5.97 Å². The molecule has 2 atom stereocenters. The normalized spacial score (nSPS) is 23.7. The quantitative estimate of drug-likeness (QED) is 0.640. The second kappa shape index (κ2) is 6.11. The van der Waals surface area contributed by atoms with Crippen molar-refractivity contribution in [3.63, 3.8) is 0 Å². The Morgan fingerprint density at radius 1 is 1.39 bits per heavy atom. The Labute approximate surface area is 122 Å². The minimum Gasteiger partial charge on any atom is -0.458 e. The molecule has 1 aromatic rings. The Hall–Kier alpha value is -0.480. The molecule has 4 heteroatoms. The second-order valence-corrected chi connectivity index (χ2v) is 6.24. The fraction of sp³-hybridized carbons (Fsp3) is 0.500. The zero-order valence-corrected chi connectivity index (χ0v) is 12.8. The van der Waals surface area contributed by atoms with Gasteiger partial charge in [0.2, 0.25) is 0 Å². The number of ether oxygens (including phenoxy) is 1. The first kappa shape index (κ1) is 13.9. The molecule has 1 fully saturated rings. The molecule has 0 spiro atoms. The van der Waals surface area contributed by atoms with Crippen molar-refractivity contribution in [3.05, 3.63) is 28.2 Å². The summed E-state index contributed by atoms with van der Waals surface area (Å²) in [5.41, 5.74) is 0.556. The molecule has 1 aromatic carbocycles. The van der Waals surface area contributed by atoms with E-state index in [-0.39, 0.29) is 12.1 Å². The van der Waals surface area contributed by atoms with E-state index in [0.717, 1.165) is 28.6 Å². The lowest BCUT2D eigenvalue weighted by Crippen LogP contribution is -2.28. The molecule has 0 heterocycles. The molecule has 98 valence electrons. The summed E-state index contributed by atoms with van der Waals surface area (Å²) in [7, 11) is 0. The fourth-order valence-corrected chi connectivity index (χ4v) is 2.94. The van der Waals surface area contributed by atoms with Crippen molar-refractivity contribution in [2.45, 2.75) is 43.6 Å². The van der Waals surface area contributed by atoms with Crippen LogP contribution >= 0.6 is 28.6 Å². The maximum atomic E-state index is 12.1. The van der Waals surface area contributed by atoms with E-state index in [4.69, 9.17) is 4.74 Å². The molecular formula is C14H17BrO2S. The van der Waals surface area contributed by atoms with Crippen LogP contribution in [0.4, 0.5) is 0 Å². The minimum atomic E-state index is -0.253. The zero-order chi connectivity index (χ0) is 13.1. The first-order valence-electron chi connectivity index (χ1n) is 6.27. The van der Waals surface area contributed by atoms with Crippen LogP contribution in [0.3, 0.4) is 0 Å². The number of esters is 1. The molecule has 2 nitrogen and oxygen atoms in total. The average molecular weight is 329 g/mol. The standard InChI is InChI=1S/C14H17BrO2S/c1-9-4-2-3-5-13(9)17-14(16)11-8-10(18)6-7-12(11)15/h6-9,13,18H,2-5H2,1H3. The van der Waals surface area contributed by atoms with Crippen molar-refractivity contribution < 1.29 is 9.53 Å². The molecule has 1 aliphatic carbocycles. The Bertz CT molecular complexity index is 447. The molecular weight excluding hydrogens is 312 g/mol. The fourth-order valence-electron chi connectivity index (χ4n) is 2.33. The number of carbonyl (C=O) groups is 1. The van der Waals surface area contributed by atoms with Crippen LogP contribution in [0.2, 0.25) is 0 Å². The summed E-state index contributed by atoms with van der Waals surface area (Å²) >= 11 is 7.63. The van der Waals surface area contributed by atoms with E-state index in [0.29, 0.717) is 11.5 Å². The van der Waals surface area contributed by atoms with E-state index >= 15 is 0 Å². The lowest BCUT2D eigenvalue weighted by molar-refractivity contribution is 0.00469. The van der Waals surface area contributed by atoms with Gasteiger partial charge in [0.1, 0.15) is 6.10 Å². The zero-order valence-electron chi connectivity index (χ0n) is 10.4. The SMILES string of the molecule is CC1CCCCC1OC(=O)c1cc(S)ccc1Br. The van der Waals surface area contributed by atoms with Crippen molar-refractivity contribution in [1.29, 1.82) is 0 Å². The molecule has 1 aliphatic rings. The second-order valence-electron chi connectivity index (χ2n) is 4.87. The van der Waals surface area contributed by atoms with Crippen molar-refractivity contribution in [2.24, 2.45) is 5.92 Å². The Kier molecular flexibility index (Phi) is 4.73. The minimum absolute atomic E-state index is 0.0572. The summed E-state index contributed by atoms with van der Waals surface area (Å²) < 4.78 is 6.38. The molecule has 1 saturated carbocycles. The molecule has 18 heavy (non-hydrogen) atoms. The summed E-state index contributed by atoms with van der Waals surface area (Å²) in [4.78, 5) is 12.9. The van der Waals surface area contributed by atoms with Crippen molar-refractivity contribution >= 4 is 34.5 Å². The molecule has 0 saturated heterocycles. The van der Waals surface area contributed by atoms with Gasteiger partial charge in [0.05, 0.1) is 5.56 Å². The maximum Gasteiger partial charge on any atom is 0.339 e. The van der Waals surface area contributed by atoms with Gasteiger partial charge in [0.25, 0.3) is 0 Å². The number of hydrogen-bond acceptors (Lipinski definition) is 3. The molecule has 0 aliphatic heterocycles. The average Bonchev–Trinajstić information content (AvgIpc) is 2.35. The Morgan fingerprint density at radius 2 is 2.11 bits per heavy atom. The van der Waals surface area contributed by atoms with Gasteiger partial charge in [-0.3, -0.25) is 0 Å². The van der Waals surface area contributed by atoms with Gasteiger partial charge in [0.15, 0.2) is 0 Å². The lowest BCUT2D eigenvalue weighted by atomic mass is 9.88. The number of carbonyl (C=O) groups excluding carboxylic acids is 1. The van der Waals surface area contributed by atoms with Crippen LogP contribution in [0.15, 0.2) is 27.6 Å². The summed E-state index contributed by atoms with van der Waals surface area (Å²) in [5.74, 6) is 0.206. The number of benzene rings is 1. The van der Waals surface area contributed by atoms with E-state index < -0.39 is 0 Å². The van der Waals surface area contributed by atoms with E-state index in [1.54, 1.807) is 6.07 Å². The van der Waals surface area contributed by atoms with E-state index in [2.05, 4.69) is 35.5 Å². The van der Waals surface area contributed by atoms with Crippen LogP contribution in [-0.4, -0.2) is 12.1 Å². The van der Waals surface area contributed by atoms with E-state index in [1.807, 2.05) is 12.1 Å². The van der Waals surface area contributed by atoms with Gasteiger partial charge in [-0.1, -0.05) is 13.3 Å². The molecule has 2 rings (SSSR count). The molecule has 0 aromatic heterocycles. The smallest absolute Gasteiger partial charge is 0.339 e. The van der Waals surface area contributed by atoms with Crippen LogP contribution in [0.5, 0.6) is 0 Å². The van der Waals surface area contributed by atoms with Gasteiger partial charge in [0, 0.05) is 9.37 Å². The number of hydrogen-bond donors (Lipinski definition) is 1. The van der Waals surface area contributed by atoms with Crippen molar-refractivity contribution in [3.8, 4) is 0 Å². The van der Waals surface area contributed by atoms with Crippen molar-refractivity contribution in [2.75, 3.05) is 0 Å². The predicted molar refractivity (Wildman–Crippen MR) is 78.2 cm³/mol. The molecule has 0 N–H and O–H groups in total. The van der Waals surface area contributed by atoms with Crippen LogP contribution < -0.4 is 0 Å². The van der Waals surface area contributed by atoms with E-state index in [9.17, 15) is 4.79 Å². The van der Waals surface area contributed by atoms with Crippen LogP contribution in [0.25, 0.3) is 0 Å². The number of rotatable bonds is 2. The predicted octanol–water partition coefficient (Wildman–Crippen LogP) is 4.47. The highest BCUT2D eigenvalue weighted by Gasteiger charge is 2.25. The summed E-state index contributed by atoms with van der Waals surface area (Å²) in [6.45, 7) is 2.15. The lowest BCUT2D eigenvalue weighted by Gasteiger charge is -2.28. The topological polar surface area (TPSA) is 26.3 Å². The number of thiol groups is 1. The highest BCUT2D eigenvalue weighted by atomic mass is 79.9. The monoisotopic (exact) mass is 328 g/mol. The van der Waals surface area contributed by atoms with Crippen LogP contribution in [0, 0.1) is 5.92 Å². The molecule has 0 radical (unpaired) electrons. The number of halogens is 1. The molecule has 0 bridgehead atoms. The maximum absolute atomic E-state index is 12.1. The summed E-state index contributed by atoms with van der Waals surface area (Å²) in [6.07, 6.45) is 4.57. The van der Waals surface area contributed by atoms with Crippen molar-refractivity contribution in [1.82, 2.24) is 0 Å². The molecule has 2 unspecified atom stereocenters. The largest absolute Gasteiger partial charge is 0.458 e. The van der Waals surface area contributed by atoms with Crippen LogP contribution in [0.1, 0.15) is 43.0 Å². The third kappa shape index (κ3) is 3.29. The van der Waals surface area contributed by atoms with Gasteiger partial charge in [-0.05, 0) is 59.3 Å². The summed E-state index contributed by atoms with van der Waals surface area (Å²) in [5, 5.41) is 0.